The molecule has 0 saturated carbocycles. The van der Waals surface area contributed by atoms with Gasteiger partial charge in [0.1, 0.15) is 0 Å². The van der Waals surface area contributed by atoms with Crippen LogP contribution in [0.4, 0.5) is 0 Å². The van der Waals surface area contributed by atoms with Crippen molar-refractivity contribution in [2.24, 2.45) is 0 Å². The molecule has 0 amide bonds. The summed E-state index contributed by atoms with van der Waals surface area (Å²) in [6, 6.07) is 0.449. The highest BCUT2D eigenvalue weighted by molar-refractivity contribution is 6.60. The first kappa shape index (κ1) is 16.3. The van der Waals surface area contributed by atoms with E-state index in [9.17, 15) is 4.79 Å². The van der Waals surface area contributed by atoms with Gasteiger partial charge < -0.3 is 18.0 Å². The van der Waals surface area contributed by atoms with Crippen LogP contribution in [-0.2, 0) is 22.8 Å². The molecule has 0 aliphatic heterocycles. The third kappa shape index (κ3) is 5.97. The summed E-state index contributed by atoms with van der Waals surface area (Å²) in [5.74, 6) is -0.406. The van der Waals surface area contributed by atoms with Crippen LogP contribution in [0.15, 0.2) is 12.2 Å². The van der Waals surface area contributed by atoms with Gasteiger partial charge in [-0.2, -0.15) is 0 Å². The first-order valence-electron chi connectivity index (χ1n) is 5.67. The Labute approximate surface area is 104 Å². The van der Waals surface area contributed by atoms with Crippen molar-refractivity contribution in [1.29, 1.82) is 0 Å². The second-order valence-corrected chi connectivity index (χ2v) is 6.27. The maximum atomic E-state index is 11.2. The Bertz CT molecular complexity index is 248. The van der Waals surface area contributed by atoms with E-state index in [2.05, 4.69) is 6.58 Å². The van der Waals surface area contributed by atoms with Crippen LogP contribution >= 0.6 is 0 Å². The van der Waals surface area contributed by atoms with Gasteiger partial charge in [0.05, 0.1) is 12.7 Å². The smallest absolute Gasteiger partial charge is 0.462 e. The van der Waals surface area contributed by atoms with Crippen LogP contribution in [0.2, 0.25) is 6.04 Å². The summed E-state index contributed by atoms with van der Waals surface area (Å²) in [6.07, 6.45) is 0. The molecule has 0 aromatic carbocycles. The van der Waals surface area contributed by atoms with Gasteiger partial charge in [-0.15, -0.1) is 0 Å². The summed E-state index contributed by atoms with van der Waals surface area (Å²) in [5, 5.41) is 0. The summed E-state index contributed by atoms with van der Waals surface area (Å²) in [5.41, 5.74) is 0.377. The van der Waals surface area contributed by atoms with Crippen LogP contribution in [0.25, 0.3) is 0 Å². The number of esters is 1. The minimum absolute atomic E-state index is 0.214. The molecular weight excluding hydrogens is 240 g/mol. The van der Waals surface area contributed by atoms with Crippen LogP contribution in [-0.4, -0.2) is 41.7 Å². The molecule has 0 saturated heterocycles. The van der Waals surface area contributed by atoms with E-state index in [1.165, 1.54) is 0 Å². The Kier molecular flexibility index (Phi) is 8.06. The van der Waals surface area contributed by atoms with Crippen LogP contribution in [0, 0.1) is 0 Å². The minimum Gasteiger partial charge on any atom is -0.462 e. The van der Waals surface area contributed by atoms with E-state index in [0.717, 1.165) is 0 Å². The Hall–Kier alpha value is -0.693. The van der Waals surface area contributed by atoms with E-state index in [1.807, 2.05) is 13.8 Å². The number of hydrogen-bond donors (Lipinski definition) is 0. The maximum Gasteiger partial charge on any atom is 0.504 e. The fourth-order valence-electron chi connectivity index (χ4n) is 1.24. The maximum absolute atomic E-state index is 11.2. The van der Waals surface area contributed by atoms with Crippen LogP contribution < -0.4 is 0 Å². The van der Waals surface area contributed by atoms with Crippen molar-refractivity contribution >= 4 is 14.8 Å². The fraction of sp³-hybridized carbons (Fsp3) is 0.727. The normalized spacial score (nSPS) is 11.3. The Balaban J connectivity index is 4.24. The number of ether oxygens (including phenoxy) is 1. The van der Waals surface area contributed by atoms with Gasteiger partial charge >= 0.3 is 14.8 Å². The van der Waals surface area contributed by atoms with Gasteiger partial charge in [0, 0.05) is 25.9 Å². The molecular formula is C11H22O5Si. The molecule has 0 spiro atoms. The molecule has 0 aromatic heterocycles. The summed E-state index contributed by atoms with van der Waals surface area (Å²) < 4.78 is 21.4. The standard InChI is InChI=1S/C11H22O5Si/c1-6-15-17(13-5,16-7-2)9-8-14-11(12)10(3)4/h3,6-9H2,1-2,4-5H3. The average Bonchev–Trinajstić information content (AvgIpc) is 2.29. The number of hydrogen-bond acceptors (Lipinski definition) is 5. The summed E-state index contributed by atoms with van der Waals surface area (Å²) in [4.78, 5) is 11.2. The highest BCUT2D eigenvalue weighted by Gasteiger charge is 2.39. The lowest BCUT2D eigenvalue weighted by Crippen LogP contribution is -2.46. The molecule has 6 heteroatoms. The summed E-state index contributed by atoms with van der Waals surface area (Å²) in [7, 11) is -1.12. The molecule has 0 unspecified atom stereocenters. The molecule has 100 valence electrons. The van der Waals surface area contributed by atoms with Crippen molar-refractivity contribution in [2.45, 2.75) is 26.8 Å². The minimum atomic E-state index is -2.68. The molecule has 0 heterocycles. The molecule has 0 bridgehead atoms. The highest BCUT2D eigenvalue weighted by atomic mass is 28.4. The quantitative estimate of drug-likeness (QED) is 0.360. The van der Waals surface area contributed by atoms with Gasteiger partial charge in [0.2, 0.25) is 0 Å². The fourth-order valence-corrected chi connectivity index (χ4v) is 3.28. The van der Waals surface area contributed by atoms with E-state index < -0.39 is 14.8 Å². The summed E-state index contributed by atoms with van der Waals surface area (Å²) in [6.45, 7) is 10.1. The lowest BCUT2D eigenvalue weighted by Gasteiger charge is -2.26. The third-order valence-corrected chi connectivity index (χ3v) is 4.92. The first-order chi connectivity index (χ1) is 8.01. The number of rotatable bonds is 9. The van der Waals surface area contributed by atoms with Crippen molar-refractivity contribution in [1.82, 2.24) is 0 Å². The predicted molar refractivity (Wildman–Crippen MR) is 66.6 cm³/mol. The van der Waals surface area contributed by atoms with Crippen LogP contribution in [0.3, 0.4) is 0 Å². The Morgan fingerprint density at radius 2 is 1.76 bits per heavy atom. The number of carbonyl (C=O) groups is 1. The molecule has 0 aliphatic carbocycles. The van der Waals surface area contributed by atoms with Gasteiger partial charge in [-0.25, -0.2) is 4.79 Å². The zero-order valence-electron chi connectivity index (χ0n) is 11.1. The lowest BCUT2D eigenvalue weighted by atomic mass is 10.4. The SMILES string of the molecule is C=C(C)C(=O)OCC[Si](OC)(OCC)OCC. The van der Waals surface area contributed by atoms with Crippen molar-refractivity contribution in [3.63, 3.8) is 0 Å². The Morgan fingerprint density at radius 1 is 1.24 bits per heavy atom. The van der Waals surface area contributed by atoms with Gasteiger partial charge in [-0.3, -0.25) is 0 Å². The molecule has 0 aromatic rings. The largest absolute Gasteiger partial charge is 0.504 e. The molecule has 0 atom stereocenters. The van der Waals surface area contributed by atoms with Gasteiger partial charge in [-0.05, 0) is 20.8 Å². The summed E-state index contributed by atoms with van der Waals surface area (Å²) >= 11 is 0. The van der Waals surface area contributed by atoms with E-state index in [-0.39, 0.29) is 6.61 Å². The molecule has 0 N–H and O–H groups in total. The molecule has 0 radical (unpaired) electrons. The van der Waals surface area contributed by atoms with Crippen molar-refractivity contribution in [3.05, 3.63) is 12.2 Å². The molecule has 5 nitrogen and oxygen atoms in total. The van der Waals surface area contributed by atoms with Gasteiger partial charge in [-0.1, -0.05) is 6.58 Å². The van der Waals surface area contributed by atoms with Crippen molar-refractivity contribution < 1.29 is 22.8 Å². The lowest BCUT2D eigenvalue weighted by molar-refractivity contribution is -0.138. The number of carbonyl (C=O) groups excluding carboxylic acids is 1. The van der Waals surface area contributed by atoms with Gasteiger partial charge in [0.15, 0.2) is 0 Å². The predicted octanol–water partition coefficient (Wildman–Crippen LogP) is 1.76. The zero-order valence-corrected chi connectivity index (χ0v) is 12.1. The van der Waals surface area contributed by atoms with E-state index >= 15 is 0 Å². The van der Waals surface area contributed by atoms with Crippen LogP contribution in [0.5, 0.6) is 0 Å². The third-order valence-electron chi connectivity index (χ3n) is 2.03. The van der Waals surface area contributed by atoms with Gasteiger partial charge in [0.25, 0.3) is 0 Å². The first-order valence-corrected chi connectivity index (χ1v) is 7.60. The topological polar surface area (TPSA) is 54.0 Å². The second-order valence-electron chi connectivity index (χ2n) is 3.42. The highest BCUT2D eigenvalue weighted by Crippen LogP contribution is 2.15. The van der Waals surface area contributed by atoms with E-state index in [4.69, 9.17) is 18.0 Å². The van der Waals surface area contributed by atoms with E-state index in [1.54, 1.807) is 14.0 Å². The molecule has 0 aliphatic rings. The molecule has 17 heavy (non-hydrogen) atoms. The molecule has 0 fully saturated rings. The monoisotopic (exact) mass is 262 g/mol. The Morgan fingerprint density at radius 3 is 2.12 bits per heavy atom. The average molecular weight is 262 g/mol. The van der Waals surface area contributed by atoms with Crippen molar-refractivity contribution in [2.75, 3.05) is 26.9 Å². The second kappa shape index (κ2) is 8.41. The molecule has 0 rings (SSSR count). The van der Waals surface area contributed by atoms with Crippen LogP contribution in [0.1, 0.15) is 20.8 Å². The zero-order chi connectivity index (χ0) is 13.3. The van der Waals surface area contributed by atoms with E-state index in [0.29, 0.717) is 24.8 Å². The van der Waals surface area contributed by atoms with Crippen molar-refractivity contribution in [3.8, 4) is 0 Å².